The van der Waals surface area contributed by atoms with Gasteiger partial charge in [0.15, 0.2) is 0 Å². The largest absolute Gasteiger partial charge is 0.481 e. The molecule has 0 aromatic carbocycles. The lowest BCUT2D eigenvalue weighted by molar-refractivity contribution is -0.137. The fraction of sp³-hybridized carbons (Fsp3) is 0.500. The van der Waals surface area contributed by atoms with Crippen LogP contribution in [0, 0.1) is 11.7 Å². The number of aliphatic carboxylic acids is 1. The summed E-state index contributed by atoms with van der Waals surface area (Å²) in [4.78, 5) is 13.7. The van der Waals surface area contributed by atoms with Gasteiger partial charge in [0.25, 0.3) is 0 Å². The molecule has 6 nitrogen and oxygen atoms in total. The van der Waals surface area contributed by atoms with E-state index >= 15 is 0 Å². The molecule has 8 heteroatoms. The molecular formula is C12H17FN2O4S. The predicted octanol–water partition coefficient (Wildman–Crippen LogP) is 1.39. The molecule has 0 aliphatic carbocycles. The molecule has 112 valence electrons. The zero-order valence-electron chi connectivity index (χ0n) is 11.0. The number of carbonyl (C=O) groups is 1. The van der Waals surface area contributed by atoms with Crippen molar-refractivity contribution >= 4 is 16.0 Å². The molecule has 2 N–H and O–H groups in total. The maximum Gasteiger partial charge on any atom is 0.303 e. The van der Waals surface area contributed by atoms with Gasteiger partial charge in [0, 0.05) is 19.2 Å². The first kappa shape index (κ1) is 16.5. The van der Waals surface area contributed by atoms with Crippen molar-refractivity contribution in [3.05, 3.63) is 24.3 Å². The van der Waals surface area contributed by atoms with Crippen molar-refractivity contribution in [1.82, 2.24) is 9.71 Å². The Kier molecular flexibility index (Phi) is 6.03. The summed E-state index contributed by atoms with van der Waals surface area (Å²) in [6.07, 6.45) is 3.04. The summed E-state index contributed by atoms with van der Waals surface area (Å²) in [5.41, 5.74) is 0. The third-order valence-electron chi connectivity index (χ3n) is 2.77. The van der Waals surface area contributed by atoms with E-state index in [0.29, 0.717) is 12.8 Å². The molecule has 20 heavy (non-hydrogen) atoms. The van der Waals surface area contributed by atoms with Gasteiger partial charge in [0.05, 0.1) is 6.20 Å². The van der Waals surface area contributed by atoms with Crippen LogP contribution in [0.2, 0.25) is 0 Å². The second kappa shape index (κ2) is 7.30. The Morgan fingerprint density at radius 1 is 1.45 bits per heavy atom. The Hall–Kier alpha value is -1.54. The number of rotatable bonds is 8. The molecule has 1 aromatic heterocycles. The number of nitrogens with one attached hydrogen (secondary N) is 1. The molecule has 0 saturated heterocycles. The maximum atomic E-state index is 12.9. The van der Waals surface area contributed by atoms with E-state index in [0.717, 1.165) is 18.5 Å². The number of carboxylic acid groups (broad SMARTS) is 1. The minimum absolute atomic E-state index is 0.0573. The maximum absolute atomic E-state index is 12.9. The first-order chi connectivity index (χ1) is 9.31. The van der Waals surface area contributed by atoms with Crippen molar-refractivity contribution in [2.45, 2.75) is 31.1 Å². The van der Waals surface area contributed by atoms with Gasteiger partial charge in [-0.15, -0.1) is 0 Å². The minimum Gasteiger partial charge on any atom is -0.481 e. The lowest BCUT2D eigenvalue weighted by Crippen LogP contribution is -2.26. The van der Waals surface area contributed by atoms with Gasteiger partial charge in [-0.3, -0.25) is 9.78 Å². The van der Waals surface area contributed by atoms with Crippen LogP contribution in [0.3, 0.4) is 0 Å². The lowest BCUT2D eigenvalue weighted by Gasteiger charge is -2.11. The Morgan fingerprint density at radius 3 is 2.75 bits per heavy atom. The van der Waals surface area contributed by atoms with Crippen LogP contribution in [-0.4, -0.2) is 31.0 Å². The van der Waals surface area contributed by atoms with Gasteiger partial charge in [-0.25, -0.2) is 17.5 Å². The van der Waals surface area contributed by atoms with Crippen LogP contribution in [0.4, 0.5) is 4.39 Å². The van der Waals surface area contributed by atoms with Crippen molar-refractivity contribution in [1.29, 1.82) is 0 Å². The van der Waals surface area contributed by atoms with Crippen molar-refractivity contribution in [2.75, 3.05) is 6.54 Å². The van der Waals surface area contributed by atoms with Crippen molar-refractivity contribution in [2.24, 2.45) is 5.92 Å². The van der Waals surface area contributed by atoms with Crippen LogP contribution < -0.4 is 4.72 Å². The molecule has 1 aromatic rings. The van der Waals surface area contributed by atoms with E-state index in [4.69, 9.17) is 5.11 Å². The van der Waals surface area contributed by atoms with E-state index in [-0.39, 0.29) is 23.8 Å². The number of pyridine rings is 1. The highest BCUT2D eigenvalue weighted by Crippen LogP contribution is 2.11. The zero-order valence-corrected chi connectivity index (χ0v) is 11.9. The molecule has 1 rings (SSSR count). The number of nitrogens with zero attached hydrogens (tertiary/aromatic N) is 1. The smallest absolute Gasteiger partial charge is 0.303 e. The van der Waals surface area contributed by atoms with Gasteiger partial charge in [-0.05, 0) is 24.8 Å². The van der Waals surface area contributed by atoms with Crippen molar-refractivity contribution < 1.29 is 22.7 Å². The molecular weight excluding hydrogens is 287 g/mol. The summed E-state index contributed by atoms with van der Waals surface area (Å²) in [7, 11) is -3.78. The molecule has 0 fully saturated rings. The van der Waals surface area contributed by atoms with Crippen LogP contribution in [-0.2, 0) is 14.8 Å². The van der Waals surface area contributed by atoms with Crippen LogP contribution in [0.1, 0.15) is 26.2 Å². The standard InChI is InChI=1S/C12H17FN2O4S/c1-9(2-3-12(16)17)4-5-15-20(18,19)11-6-10(13)7-14-8-11/h6-9,15H,2-5H2,1H3,(H,16,17). The Labute approximate surface area is 117 Å². The molecule has 0 aliphatic heterocycles. The molecule has 1 heterocycles. The topological polar surface area (TPSA) is 96.4 Å². The minimum atomic E-state index is -3.78. The second-order valence-electron chi connectivity index (χ2n) is 4.56. The highest BCUT2D eigenvalue weighted by atomic mass is 32.2. The average Bonchev–Trinajstić information content (AvgIpc) is 2.36. The summed E-state index contributed by atoms with van der Waals surface area (Å²) in [5, 5.41) is 8.54. The van der Waals surface area contributed by atoms with E-state index in [1.165, 1.54) is 0 Å². The summed E-state index contributed by atoms with van der Waals surface area (Å²) < 4.78 is 38.9. The van der Waals surface area contributed by atoms with E-state index in [9.17, 15) is 17.6 Å². The van der Waals surface area contributed by atoms with Crippen LogP contribution in [0.25, 0.3) is 0 Å². The average molecular weight is 304 g/mol. The molecule has 0 amide bonds. The first-order valence-electron chi connectivity index (χ1n) is 6.13. The van der Waals surface area contributed by atoms with Gasteiger partial charge in [0.1, 0.15) is 10.7 Å². The molecule has 0 radical (unpaired) electrons. The summed E-state index contributed by atoms with van der Waals surface area (Å²) >= 11 is 0. The van der Waals surface area contributed by atoms with Crippen molar-refractivity contribution in [3.8, 4) is 0 Å². The third-order valence-corrected chi connectivity index (χ3v) is 4.20. The Bertz CT molecular complexity index is 562. The quantitative estimate of drug-likeness (QED) is 0.756. The molecule has 1 atom stereocenters. The molecule has 0 bridgehead atoms. The van der Waals surface area contributed by atoms with Gasteiger partial charge >= 0.3 is 5.97 Å². The van der Waals surface area contributed by atoms with Gasteiger partial charge in [-0.1, -0.05) is 6.92 Å². The van der Waals surface area contributed by atoms with E-state index in [1.54, 1.807) is 0 Å². The van der Waals surface area contributed by atoms with Gasteiger partial charge in [0.2, 0.25) is 10.0 Å². The number of aromatic nitrogens is 1. The van der Waals surface area contributed by atoms with E-state index in [1.807, 2.05) is 6.92 Å². The number of hydrogen-bond donors (Lipinski definition) is 2. The third kappa shape index (κ3) is 5.62. The fourth-order valence-electron chi connectivity index (χ4n) is 1.58. The lowest BCUT2D eigenvalue weighted by atomic mass is 10.0. The zero-order chi connectivity index (χ0) is 15.2. The fourth-order valence-corrected chi connectivity index (χ4v) is 2.60. The molecule has 0 aliphatic rings. The van der Waals surface area contributed by atoms with E-state index < -0.39 is 21.8 Å². The van der Waals surface area contributed by atoms with Gasteiger partial charge < -0.3 is 5.11 Å². The first-order valence-corrected chi connectivity index (χ1v) is 7.61. The number of carboxylic acids is 1. The highest BCUT2D eigenvalue weighted by Gasteiger charge is 2.15. The molecule has 0 spiro atoms. The Morgan fingerprint density at radius 2 is 2.15 bits per heavy atom. The Balaban J connectivity index is 2.46. The molecule has 0 saturated carbocycles. The number of sulfonamides is 1. The van der Waals surface area contributed by atoms with Crippen molar-refractivity contribution in [3.63, 3.8) is 0 Å². The number of hydrogen-bond acceptors (Lipinski definition) is 4. The monoisotopic (exact) mass is 304 g/mol. The highest BCUT2D eigenvalue weighted by molar-refractivity contribution is 7.89. The SMILES string of the molecule is CC(CCNS(=O)(=O)c1cncc(F)c1)CCC(=O)O. The van der Waals surface area contributed by atoms with Crippen LogP contribution >= 0.6 is 0 Å². The number of halogens is 1. The second-order valence-corrected chi connectivity index (χ2v) is 6.33. The van der Waals surface area contributed by atoms with Crippen LogP contribution in [0.5, 0.6) is 0 Å². The van der Waals surface area contributed by atoms with Gasteiger partial charge in [-0.2, -0.15) is 0 Å². The summed E-state index contributed by atoms with van der Waals surface area (Å²) in [6.45, 7) is 2.01. The molecule has 1 unspecified atom stereocenters. The summed E-state index contributed by atoms with van der Waals surface area (Å²) in [5.74, 6) is -1.51. The predicted molar refractivity (Wildman–Crippen MR) is 70.0 cm³/mol. The van der Waals surface area contributed by atoms with E-state index in [2.05, 4.69) is 9.71 Å². The summed E-state index contributed by atoms with van der Waals surface area (Å²) in [6, 6.07) is 0.892. The normalized spacial score (nSPS) is 13.1. The van der Waals surface area contributed by atoms with Crippen LogP contribution in [0.15, 0.2) is 23.4 Å².